The Morgan fingerprint density at radius 2 is 2.13 bits per heavy atom. The van der Waals surface area contributed by atoms with Crippen molar-refractivity contribution in [2.75, 3.05) is 0 Å². The van der Waals surface area contributed by atoms with E-state index in [9.17, 15) is 9.59 Å². The second kappa shape index (κ2) is 6.78. The second-order valence-electron chi connectivity index (χ2n) is 8.57. The molecule has 0 heterocycles. The highest BCUT2D eigenvalue weighted by molar-refractivity contribution is 5.66. The maximum absolute atomic E-state index is 11.8. The molecular formula is C20H32O3. The Hall–Kier alpha value is -1.12. The molecule has 2 rings (SSSR count). The van der Waals surface area contributed by atoms with Crippen LogP contribution in [0.4, 0.5) is 0 Å². The first-order valence-electron chi connectivity index (χ1n) is 9.08. The predicted octanol–water partition coefficient (Wildman–Crippen LogP) is 4.86. The lowest BCUT2D eigenvalue weighted by molar-refractivity contribution is -0.138. The van der Waals surface area contributed by atoms with Gasteiger partial charge in [-0.15, -0.1) is 0 Å². The van der Waals surface area contributed by atoms with Crippen LogP contribution in [0.25, 0.3) is 0 Å². The number of carbonyl (C=O) groups is 2. The summed E-state index contributed by atoms with van der Waals surface area (Å²) in [7, 11) is 0. The van der Waals surface area contributed by atoms with Crippen molar-refractivity contribution >= 4 is 12.3 Å². The van der Waals surface area contributed by atoms with Crippen molar-refractivity contribution in [1.82, 2.24) is 0 Å². The standard InChI is InChI=1S/C20H32O3/c1-14(12-18(22)23)6-8-16-15(2)7-9-17-19(3,13-21)10-5-11-20(16,17)4/h13-14,16-17H,2,5-12H2,1,3-4H3,(H,22,23)/t14-,16-,17-,19+,20+/m1/s1. The van der Waals surface area contributed by atoms with Crippen LogP contribution in [0.2, 0.25) is 0 Å². The number of hydrogen-bond donors (Lipinski definition) is 1. The minimum absolute atomic E-state index is 0.145. The SMILES string of the molecule is C=C1CC[C@H]2[C@@](C)(CCC[C@@]2(C)C=O)[C@@H]1CC[C@@H](C)CC(=O)O. The maximum atomic E-state index is 11.8. The van der Waals surface area contributed by atoms with Gasteiger partial charge >= 0.3 is 5.97 Å². The van der Waals surface area contributed by atoms with Crippen LogP contribution in [0, 0.1) is 28.6 Å². The summed E-state index contributed by atoms with van der Waals surface area (Å²) in [6.07, 6.45) is 8.75. The number of carboxylic acids is 1. The van der Waals surface area contributed by atoms with Crippen LogP contribution in [-0.4, -0.2) is 17.4 Å². The summed E-state index contributed by atoms with van der Waals surface area (Å²) in [4.78, 5) is 22.7. The van der Waals surface area contributed by atoms with E-state index in [2.05, 4.69) is 20.4 Å². The third-order valence-electron chi connectivity index (χ3n) is 6.81. The van der Waals surface area contributed by atoms with Crippen LogP contribution in [0.3, 0.4) is 0 Å². The fourth-order valence-electron chi connectivity index (χ4n) is 5.52. The lowest BCUT2D eigenvalue weighted by atomic mass is 9.47. The molecule has 130 valence electrons. The summed E-state index contributed by atoms with van der Waals surface area (Å²) in [6.45, 7) is 10.9. The average molecular weight is 320 g/mol. The average Bonchev–Trinajstić information content (AvgIpc) is 2.45. The molecule has 0 aliphatic heterocycles. The van der Waals surface area contributed by atoms with Gasteiger partial charge in [-0.05, 0) is 61.7 Å². The first kappa shape index (κ1) is 18.2. The molecule has 1 N–H and O–H groups in total. The number of hydrogen-bond acceptors (Lipinski definition) is 2. The fraction of sp³-hybridized carbons (Fsp3) is 0.800. The zero-order valence-corrected chi connectivity index (χ0v) is 14.9. The molecule has 0 radical (unpaired) electrons. The van der Waals surface area contributed by atoms with E-state index in [1.54, 1.807) is 0 Å². The molecule has 0 aromatic carbocycles. The Morgan fingerprint density at radius 1 is 1.43 bits per heavy atom. The quantitative estimate of drug-likeness (QED) is 0.562. The molecule has 2 aliphatic rings. The van der Waals surface area contributed by atoms with Crippen molar-refractivity contribution in [2.24, 2.45) is 28.6 Å². The maximum Gasteiger partial charge on any atom is 0.303 e. The Labute approximate surface area is 140 Å². The van der Waals surface area contributed by atoms with E-state index in [1.807, 2.05) is 6.92 Å². The van der Waals surface area contributed by atoms with E-state index in [1.165, 1.54) is 11.9 Å². The van der Waals surface area contributed by atoms with Crippen molar-refractivity contribution in [2.45, 2.75) is 72.1 Å². The van der Waals surface area contributed by atoms with Gasteiger partial charge in [0.05, 0.1) is 0 Å². The Balaban J connectivity index is 2.15. The van der Waals surface area contributed by atoms with Crippen LogP contribution in [0.1, 0.15) is 72.1 Å². The lowest BCUT2D eigenvalue weighted by Crippen LogP contribution is -2.51. The molecule has 0 aromatic rings. The predicted molar refractivity (Wildman–Crippen MR) is 92.1 cm³/mol. The highest BCUT2D eigenvalue weighted by Crippen LogP contribution is 2.61. The van der Waals surface area contributed by atoms with Crippen LogP contribution >= 0.6 is 0 Å². The van der Waals surface area contributed by atoms with Gasteiger partial charge in [0, 0.05) is 11.8 Å². The molecule has 2 aliphatic carbocycles. The van der Waals surface area contributed by atoms with Crippen LogP contribution in [-0.2, 0) is 9.59 Å². The van der Waals surface area contributed by atoms with Gasteiger partial charge in [-0.1, -0.05) is 39.3 Å². The molecule has 5 atom stereocenters. The van der Waals surface area contributed by atoms with Crippen molar-refractivity contribution in [3.05, 3.63) is 12.2 Å². The fourth-order valence-corrected chi connectivity index (χ4v) is 5.52. The molecule has 23 heavy (non-hydrogen) atoms. The Bertz CT molecular complexity index is 483. The van der Waals surface area contributed by atoms with Crippen molar-refractivity contribution in [1.29, 1.82) is 0 Å². The smallest absolute Gasteiger partial charge is 0.303 e. The summed E-state index contributed by atoms with van der Waals surface area (Å²) in [5.41, 5.74) is 1.27. The summed E-state index contributed by atoms with van der Waals surface area (Å²) in [6, 6.07) is 0. The van der Waals surface area contributed by atoms with E-state index in [4.69, 9.17) is 5.11 Å². The molecule has 0 spiro atoms. The number of allylic oxidation sites excluding steroid dienone is 1. The van der Waals surface area contributed by atoms with Gasteiger partial charge in [-0.2, -0.15) is 0 Å². The van der Waals surface area contributed by atoms with Crippen molar-refractivity contribution in [3.63, 3.8) is 0 Å². The van der Waals surface area contributed by atoms with E-state index >= 15 is 0 Å². The van der Waals surface area contributed by atoms with Crippen LogP contribution in [0.15, 0.2) is 12.2 Å². The van der Waals surface area contributed by atoms with Crippen LogP contribution < -0.4 is 0 Å². The van der Waals surface area contributed by atoms with Gasteiger partial charge in [-0.25, -0.2) is 0 Å². The van der Waals surface area contributed by atoms with Crippen molar-refractivity contribution in [3.8, 4) is 0 Å². The molecule has 3 nitrogen and oxygen atoms in total. The number of fused-ring (bicyclic) bond motifs is 1. The Kier molecular flexibility index (Phi) is 5.37. The van der Waals surface area contributed by atoms with E-state index < -0.39 is 5.97 Å². The molecule has 2 saturated carbocycles. The molecule has 2 fully saturated rings. The lowest BCUT2D eigenvalue weighted by Gasteiger charge is -2.57. The topological polar surface area (TPSA) is 54.4 Å². The largest absolute Gasteiger partial charge is 0.481 e. The zero-order valence-electron chi connectivity index (χ0n) is 14.9. The second-order valence-corrected chi connectivity index (χ2v) is 8.57. The third kappa shape index (κ3) is 3.54. The summed E-state index contributed by atoms with van der Waals surface area (Å²) in [5, 5.41) is 8.96. The normalized spacial score (nSPS) is 38.7. The minimum Gasteiger partial charge on any atom is -0.481 e. The van der Waals surface area contributed by atoms with Gasteiger partial charge < -0.3 is 9.90 Å². The van der Waals surface area contributed by atoms with Gasteiger partial charge in [-0.3, -0.25) is 4.79 Å². The first-order chi connectivity index (χ1) is 10.7. The van der Waals surface area contributed by atoms with Gasteiger partial charge in [0.1, 0.15) is 6.29 Å². The highest BCUT2D eigenvalue weighted by Gasteiger charge is 2.54. The molecular weight excluding hydrogens is 288 g/mol. The van der Waals surface area contributed by atoms with E-state index in [0.717, 1.165) is 44.9 Å². The number of carboxylic acid groups (broad SMARTS) is 1. The molecule has 0 saturated heterocycles. The molecule has 3 heteroatoms. The molecule has 0 bridgehead atoms. The van der Waals surface area contributed by atoms with Crippen molar-refractivity contribution < 1.29 is 14.7 Å². The van der Waals surface area contributed by atoms with Gasteiger partial charge in [0.15, 0.2) is 0 Å². The van der Waals surface area contributed by atoms with Crippen LogP contribution in [0.5, 0.6) is 0 Å². The summed E-state index contributed by atoms with van der Waals surface area (Å²) >= 11 is 0. The number of carbonyl (C=O) groups excluding carboxylic acids is 1. The van der Waals surface area contributed by atoms with Gasteiger partial charge in [0.2, 0.25) is 0 Å². The number of aldehydes is 1. The van der Waals surface area contributed by atoms with E-state index in [0.29, 0.717) is 11.8 Å². The summed E-state index contributed by atoms with van der Waals surface area (Å²) < 4.78 is 0. The molecule has 0 unspecified atom stereocenters. The molecule has 0 amide bonds. The van der Waals surface area contributed by atoms with Gasteiger partial charge in [0.25, 0.3) is 0 Å². The highest BCUT2D eigenvalue weighted by atomic mass is 16.4. The number of aliphatic carboxylic acids is 1. The Morgan fingerprint density at radius 3 is 2.74 bits per heavy atom. The zero-order chi connectivity index (χ0) is 17.3. The first-order valence-corrected chi connectivity index (χ1v) is 9.08. The third-order valence-corrected chi connectivity index (χ3v) is 6.81. The molecule has 0 aromatic heterocycles. The van der Waals surface area contributed by atoms with E-state index in [-0.39, 0.29) is 23.2 Å². The number of rotatable bonds is 6. The minimum atomic E-state index is -0.713. The summed E-state index contributed by atoms with van der Waals surface area (Å²) in [5.74, 6) is 0.351. The monoisotopic (exact) mass is 320 g/mol.